The Bertz CT molecular complexity index is 286. The minimum absolute atomic E-state index is 0.0467. The Morgan fingerprint density at radius 3 is 2.81 bits per heavy atom. The summed E-state index contributed by atoms with van der Waals surface area (Å²) >= 11 is 0. The summed E-state index contributed by atoms with van der Waals surface area (Å²) in [6.07, 6.45) is 2.36. The molecule has 0 radical (unpaired) electrons. The molecule has 2 fully saturated rings. The molecule has 0 aliphatic carbocycles. The molecule has 0 aromatic heterocycles. The van der Waals surface area contributed by atoms with Gasteiger partial charge in [-0.15, -0.1) is 0 Å². The molecule has 90 valence electrons. The highest BCUT2D eigenvalue weighted by Crippen LogP contribution is 2.24. The van der Waals surface area contributed by atoms with E-state index in [1.54, 1.807) is 4.90 Å². The fourth-order valence-corrected chi connectivity index (χ4v) is 2.38. The van der Waals surface area contributed by atoms with Gasteiger partial charge in [-0.1, -0.05) is 0 Å². The maximum atomic E-state index is 12.1. The van der Waals surface area contributed by atoms with E-state index in [0.29, 0.717) is 26.2 Å². The lowest BCUT2D eigenvalue weighted by atomic mass is 10.1. The van der Waals surface area contributed by atoms with Crippen molar-refractivity contribution in [2.45, 2.75) is 25.3 Å². The summed E-state index contributed by atoms with van der Waals surface area (Å²) in [6, 6.07) is -0.377. The molecule has 5 heteroatoms. The fraction of sp³-hybridized carbons (Fsp3) is 0.818. The molecule has 0 spiro atoms. The van der Waals surface area contributed by atoms with Gasteiger partial charge in [0, 0.05) is 13.2 Å². The van der Waals surface area contributed by atoms with Gasteiger partial charge >= 0.3 is 5.97 Å². The summed E-state index contributed by atoms with van der Waals surface area (Å²) in [7, 11) is 1.36. The third-order valence-corrected chi connectivity index (χ3v) is 3.29. The van der Waals surface area contributed by atoms with Gasteiger partial charge in [-0.25, -0.2) is 4.79 Å². The van der Waals surface area contributed by atoms with Crippen LogP contribution in [-0.2, 0) is 19.1 Å². The Hall–Kier alpha value is -1.10. The van der Waals surface area contributed by atoms with Crippen LogP contribution in [0.3, 0.4) is 0 Å². The Labute approximate surface area is 94.7 Å². The quantitative estimate of drug-likeness (QED) is 0.632. The van der Waals surface area contributed by atoms with Crippen LogP contribution in [0.1, 0.15) is 19.3 Å². The van der Waals surface area contributed by atoms with Gasteiger partial charge in [-0.3, -0.25) is 4.79 Å². The Balaban J connectivity index is 2.01. The van der Waals surface area contributed by atoms with Crippen molar-refractivity contribution < 1.29 is 19.1 Å². The van der Waals surface area contributed by atoms with E-state index in [9.17, 15) is 9.59 Å². The molecule has 0 bridgehead atoms. The molecule has 5 nitrogen and oxygen atoms in total. The summed E-state index contributed by atoms with van der Waals surface area (Å²) in [6.45, 7) is 1.80. The average molecular weight is 227 g/mol. The van der Waals surface area contributed by atoms with Crippen molar-refractivity contribution in [1.82, 2.24) is 4.90 Å². The highest BCUT2D eigenvalue weighted by molar-refractivity contribution is 5.86. The molecule has 0 aromatic rings. The lowest BCUT2D eigenvalue weighted by Crippen LogP contribution is -2.44. The Kier molecular flexibility index (Phi) is 3.43. The molecule has 0 aromatic carbocycles. The van der Waals surface area contributed by atoms with Gasteiger partial charge in [-0.05, 0) is 19.3 Å². The standard InChI is InChI=1S/C11H17NO4/c1-15-11(14)9-3-2-5-12(9)10(13)8-4-6-16-7-8/h8-9H,2-7H2,1H3. The SMILES string of the molecule is COC(=O)C1CCCN1C(=O)C1CCOC1. The van der Waals surface area contributed by atoms with Crippen molar-refractivity contribution in [3.63, 3.8) is 0 Å². The molecular formula is C11H17NO4. The largest absolute Gasteiger partial charge is 0.467 e. The van der Waals surface area contributed by atoms with E-state index in [4.69, 9.17) is 9.47 Å². The number of carbonyl (C=O) groups is 2. The monoisotopic (exact) mass is 227 g/mol. The van der Waals surface area contributed by atoms with Crippen LogP contribution in [0.25, 0.3) is 0 Å². The first-order valence-electron chi connectivity index (χ1n) is 5.70. The maximum Gasteiger partial charge on any atom is 0.328 e. The van der Waals surface area contributed by atoms with Gasteiger partial charge in [0.1, 0.15) is 6.04 Å². The van der Waals surface area contributed by atoms with E-state index in [1.165, 1.54) is 7.11 Å². The predicted molar refractivity (Wildman–Crippen MR) is 55.7 cm³/mol. The number of esters is 1. The molecule has 2 aliphatic heterocycles. The number of ether oxygens (including phenoxy) is 2. The molecule has 2 heterocycles. The molecule has 2 atom stereocenters. The van der Waals surface area contributed by atoms with E-state index in [0.717, 1.165) is 12.8 Å². The van der Waals surface area contributed by atoms with Gasteiger partial charge in [-0.2, -0.15) is 0 Å². The van der Waals surface area contributed by atoms with E-state index in [-0.39, 0.29) is 23.8 Å². The van der Waals surface area contributed by atoms with Crippen molar-refractivity contribution in [2.75, 3.05) is 26.9 Å². The van der Waals surface area contributed by atoms with Crippen LogP contribution in [0.5, 0.6) is 0 Å². The van der Waals surface area contributed by atoms with Crippen molar-refractivity contribution in [3.8, 4) is 0 Å². The molecule has 2 rings (SSSR count). The number of amides is 1. The number of methoxy groups -OCH3 is 1. The second-order valence-corrected chi connectivity index (χ2v) is 4.27. The van der Waals surface area contributed by atoms with Crippen molar-refractivity contribution in [2.24, 2.45) is 5.92 Å². The van der Waals surface area contributed by atoms with Crippen LogP contribution in [0, 0.1) is 5.92 Å². The molecule has 1 amide bonds. The fourth-order valence-electron chi connectivity index (χ4n) is 2.38. The topological polar surface area (TPSA) is 55.8 Å². The lowest BCUT2D eigenvalue weighted by molar-refractivity contribution is -0.152. The van der Waals surface area contributed by atoms with Gasteiger partial charge in [0.15, 0.2) is 0 Å². The highest BCUT2D eigenvalue weighted by atomic mass is 16.5. The van der Waals surface area contributed by atoms with Crippen molar-refractivity contribution >= 4 is 11.9 Å². The first-order valence-corrected chi connectivity index (χ1v) is 5.70. The minimum atomic E-state index is -0.377. The second kappa shape index (κ2) is 4.82. The summed E-state index contributed by atoms with van der Waals surface area (Å²) < 4.78 is 9.91. The van der Waals surface area contributed by atoms with E-state index in [1.807, 2.05) is 0 Å². The van der Waals surface area contributed by atoms with E-state index >= 15 is 0 Å². The van der Waals surface area contributed by atoms with Gasteiger partial charge in [0.2, 0.25) is 5.91 Å². The molecule has 0 saturated carbocycles. The Morgan fingerprint density at radius 2 is 2.19 bits per heavy atom. The summed E-state index contributed by atoms with van der Waals surface area (Å²) in [4.78, 5) is 25.3. The van der Waals surface area contributed by atoms with E-state index in [2.05, 4.69) is 0 Å². The molecule has 16 heavy (non-hydrogen) atoms. The summed E-state index contributed by atoms with van der Waals surface area (Å²) in [5, 5.41) is 0. The second-order valence-electron chi connectivity index (χ2n) is 4.27. The van der Waals surface area contributed by atoms with Crippen molar-refractivity contribution in [3.05, 3.63) is 0 Å². The Morgan fingerprint density at radius 1 is 1.38 bits per heavy atom. The zero-order valence-corrected chi connectivity index (χ0v) is 9.48. The van der Waals surface area contributed by atoms with Gasteiger partial charge in [0.25, 0.3) is 0 Å². The van der Waals surface area contributed by atoms with E-state index < -0.39 is 0 Å². The molecule has 2 aliphatic rings. The maximum absolute atomic E-state index is 12.1. The molecular weight excluding hydrogens is 210 g/mol. The number of hydrogen-bond donors (Lipinski definition) is 0. The van der Waals surface area contributed by atoms with Crippen LogP contribution in [0.15, 0.2) is 0 Å². The van der Waals surface area contributed by atoms with Crippen LogP contribution in [0.4, 0.5) is 0 Å². The zero-order chi connectivity index (χ0) is 11.5. The highest BCUT2D eigenvalue weighted by Gasteiger charge is 2.38. The van der Waals surface area contributed by atoms with Crippen LogP contribution < -0.4 is 0 Å². The first kappa shape index (κ1) is 11.4. The smallest absolute Gasteiger partial charge is 0.328 e. The van der Waals surface area contributed by atoms with Gasteiger partial charge in [0.05, 0.1) is 19.6 Å². The third kappa shape index (κ3) is 2.04. The first-order chi connectivity index (χ1) is 7.74. The molecule has 0 N–H and O–H groups in total. The number of likely N-dealkylation sites (tertiary alicyclic amines) is 1. The normalized spacial score (nSPS) is 29.4. The number of carbonyl (C=O) groups excluding carboxylic acids is 2. The molecule has 2 saturated heterocycles. The van der Waals surface area contributed by atoms with Crippen LogP contribution in [0.2, 0.25) is 0 Å². The minimum Gasteiger partial charge on any atom is -0.467 e. The molecule has 2 unspecified atom stereocenters. The van der Waals surface area contributed by atoms with Gasteiger partial charge < -0.3 is 14.4 Å². The van der Waals surface area contributed by atoms with Crippen LogP contribution in [-0.4, -0.2) is 49.7 Å². The third-order valence-electron chi connectivity index (χ3n) is 3.29. The number of hydrogen-bond acceptors (Lipinski definition) is 4. The average Bonchev–Trinajstić information content (AvgIpc) is 2.97. The summed E-state index contributed by atoms with van der Waals surface area (Å²) in [5.74, 6) is -0.319. The van der Waals surface area contributed by atoms with Crippen LogP contribution >= 0.6 is 0 Å². The predicted octanol–water partition coefficient (Wildman–Crippen LogP) is 0.187. The number of rotatable bonds is 2. The summed E-state index contributed by atoms with van der Waals surface area (Å²) in [5.41, 5.74) is 0. The van der Waals surface area contributed by atoms with Crippen molar-refractivity contribution in [1.29, 1.82) is 0 Å². The number of nitrogens with zero attached hydrogens (tertiary/aromatic N) is 1. The zero-order valence-electron chi connectivity index (χ0n) is 9.48. The lowest BCUT2D eigenvalue weighted by Gasteiger charge is -2.24.